The van der Waals surface area contributed by atoms with Gasteiger partial charge in [0.05, 0.1) is 18.9 Å². The van der Waals surface area contributed by atoms with E-state index >= 15 is 0 Å². The van der Waals surface area contributed by atoms with Crippen LogP contribution in [0.25, 0.3) is 0 Å². The van der Waals surface area contributed by atoms with Gasteiger partial charge in [0.2, 0.25) is 0 Å². The van der Waals surface area contributed by atoms with Crippen LogP contribution in [0.4, 0.5) is 4.79 Å². The number of rotatable bonds is 8. The number of carbonyl (C=O) groups is 1. The maximum atomic E-state index is 13.0. The lowest BCUT2D eigenvalue weighted by atomic mass is 9.84. The van der Waals surface area contributed by atoms with Gasteiger partial charge in [0, 0.05) is 17.4 Å². The van der Waals surface area contributed by atoms with Crippen LogP contribution in [0.3, 0.4) is 0 Å². The van der Waals surface area contributed by atoms with E-state index in [1.165, 1.54) is 0 Å². The molecule has 6 nitrogen and oxygen atoms in total. The summed E-state index contributed by atoms with van der Waals surface area (Å²) >= 11 is 3.43. The summed E-state index contributed by atoms with van der Waals surface area (Å²) in [4.78, 5) is 14.8. The second kappa shape index (κ2) is 9.49. The predicted octanol–water partition coefficient (Wildman–Crippen LogP) is 5.00. The van der Waals surface area contributed by atoms with Gasteiger partial charge in [0.25, 0.3) is 10.1 Å². The molecule has 1 amide bonds. The molecule has 30 heavy (non-hydrogen) atoms. The molecule has 0 saturated carbocycles. The molecule has 1 saturated heterocycles. The second-order valence-corrected chi connectivity index (χ2v) is 10.1. The largest absolute Gasteiger partial charge is 0.438 e. The van der Waals surface area contributed by atoms with Crippen molar-refractivity contribution in [2.24, 2.45) is 0 Å². The van der Waals surface area contributed by atoms with Gasteiger partial charge in [-0.05, 0) is 43.0 Å². The number of ether oxygens (including phenoxy) is 1. The SMILES string of the molecule is C[C@@H](c1ccc(Br)cc1)N1CC[C@@](CCCOS(C)(=O)=O)(c2ccccc2)OC1=O. The molecule has 2 aromatic rings. The Kier molecular flexibility index (Phi) is 7.21. The fourth-order valence-electron chi connectivity index (χ4n) is 3.78. The Hall–Kier alpha value is -1.90. The quantitative estimate of drug-likeness (QED) is 0.380. The minimum absolute atomic E-state index is 0.0595. The average Bonchev–Trinajstić information content (AvgIpc) is 2.71. The van der Waals surface area contributed by atoms with E-state index in [-0.39, 0.29) is 18.7 Å². The third-order valence-electron chi connectivity index (χ3n) is 5.42. The van der Waals surface area contributed by atoms with Crippen LogP contribution in [-0.4, -0.2) is 38.8 Å². The number of carbonyl (C=O) groups excluding carboxylic acids is 1. The molecule has 2 aromatic carbocycles. The first-order chi connectivity index (χ1) is 14.2. The van der Waals surface area contributed by atoms with Gasteiger partial charge in [-0.1, -0.05) is 58.4 Å². The van der Waals surface area contributed by atoms with Crippen molar-refractivity contribution in [2.75, 3.05) is 19.4 Å². The molecular weight excluding hydrogens is 470 g/mol. The summed E-state index contributed by atoms with van der Waals surface area (Å²) in [5.74, 6) is 0. The Bertz CT molecular complexity index is 965. The van der Waals surface area contributed by atoms with Gasteiger partial charge in [-0.2, -0.15) is 8.42 Å². The fraction of sp³-hybridized carbons (Fsp3) is 0.409. The molecule has 0 aromatic heterocycles. The molecule has 1 aliphatic rings. The highest BCUT2D eigenvalue weighted by Crippen LogP contribution is 2.40. The average molecular weight is 496 g/mol. The summed E-state index contributed by atoms with van der Waals surface area (Å²) < 4.78 is 34.4. The number of benzene rings is 2. The summed E-state index contributed by atoms with van der Waals surface area (Å²) in [5, 5.41) is 0. The third kappa shape index (κ3) is 5.62. The van der Waals surface area contributed by atoms with Gasteiger partial charge in [-0.25, -0.2) is 4.79 Å². The van der Waals surface area contributed by atoms with Crippen molar-refractivity contribution in [1.82, 2.24) is 4.90 Å². The molecule has 0 radical (unpaired) electrons. The zero-order valence-corrected chi connectivity index (χ0v) is 19.5. The van der Waals surface area contributed by atoms with E-state index in [4.69, 9.17) is 8.92 Å². The molecule has 1 aliphatic heterocycles. The maximum Gasteiger partial charge on any atom is 0.411 e. The van der Waals surface area contributed by atoms with Crippen LogP contribution in [-0.2, 0) is 24.6 Å². The van der Waals surface area contributed by atoms with Crippen LogP contribution in [0.1, 0.15) is 43.4 Å². The minimum Gasteiger partial charge on any atom is -0.438 e. The van der Waals surface area contributed by atoms with Gasteiger partial charge in [0.1, 0.15) is 5.60 Å². The predicted molar refractivity (Wildman–Crippen MR) is 119 cm³/mol. The molecule has 1 heterocycles. The number of hydrogen-bond acceptors (Lipinski definition) is 5. The monoisotopic (exact) mass is 495 g/mol. The molecule has 0 N–H and O–H groups in total. The normalized spacial score (nSPS) is 20.6. The van der Waals surface area contributed by atoms with Crippen LogP contribution in [0.2, 0.25) is 0 Å². The van der Waals surface area contributed by atoms with Crippen molar-refractivity contribution in [3.63, 3.8) is 0 Å². The van der Waals surface area contributed by atoms with Crippen LogP contribution in [0.5, 0.6) is 0 Å². The summed E-state index contributed by atoms with van der Waals surface area (Å²) in [7, 11) is -3.50. The van der Waals surface area contributed by atoms with Crippen LogP contribution >= 0.6 is 15.9 Å². The topological polar surface area (TPSA) is 72.9 Å². The van der Waals surface area contributed by atoms with Crippen LogP contribution in [0, 0.1) is 0 Å². The molecule has 0 unspecified atom stereocenters. The Morgan fingerprint density at radius 2 is 1.83 bits per heavy atom. The van der Waals surface area contributed by atoms with Gasteiger partial charge in [-0.3, -0.25) is 4.18 Å². The first kappa shape index (κ1) is 22.8. The van der Waals surface area contributed by atoms with E-state index in [0.717, 1.165) is 21.9 Å². The lowest BCUT2D eigenvalue weighted by molar-refractivity contribution is -0.0676. The van der Waals surface area contributed by atoms with Crippen molar-refractivity contribution < 1.29 is 22.1 Å². The smallest absolute Gasteiger partial charge is 0.411 e. The fourth-order valence-corrected chi connectivity index (χ4v) is 4.46. The number of amides is 1. The molecule has 3 rings (SSSR count). The Labute approximate surface area is 186 Å². The Morgan fingerprint density at radius 1 is 1.17 bits per heavy atom. The molecule has 0 aliphatic carbocycles. The van der Waals surface area contributed by atoms with Crippen molar-refractivity contribution in [1.29, 1.82) is 0 Å². The van der Waals surface area contributed by atoms with Crippen molar-refractivity contribution in [3.05, 3.63) is 70.2 Å². The number of nitrogens with zero attached hydrogens (tertiary/aromatic N) is 1. The maximum absolute atomic E-state index is 13.0. The number of cyclic esters (lactones) is 1. The molecule has 162 valence electrons. The first-order valence-corrected chi connectivity index (χ1v) is 12.5. The van der Waals surface area contributed by atoms with E-state index in [9.17, 15) is 13.2 Å². The zero-order chi connectivity index (χ0) is 21.8. The second-order valence-electron chi connectivity index (χ2n) is 7.53. The molecule has 2 atom stereocenters. The van der Waals surface area contributed by atoms with E-state index in [0.29, 0.717) is 25.8 Å². The summed E-state index contributed by atoms with van der Waals surface area (Å²) in [6.45, 7) is 2.59. The van der Waals surface area contributed by atoms with E-state index in [1.807, 2.05) is 61.5 Å². The molecule has 1 fully saturated rings. The summed E-state index contributed by atoms with van der Waals surface area (Å²) in [6, 6.07) is 17.4. The Morgan fingerprint density at radius 3 is 2.43 bits per heavy atom. The van der Waals surface area contributed by atoms with Crippen LogP contribution < -0.4 is 0 Å². The lowest BCUT2D eigenvalue weighted by Gasteiger charge is -2.43. The van der Waals surface area contributed by atoms with Gasteiger partial charge in [-0.15, -0.1) is 0 Å². The minimum atomic E-state index is -3.50. The van der Waals surface area contributed by atoms with Gasteiger partial charge in [0.15, 0.2) is 0 Å². The summed E-state index contributed by atoms with van der Waals surface area (Å²) in [6.07, 6.45) is 2.21. The number of hydrogen-bond donors (Lipinski definition) is 0. The molecule has 0 spiro atoms. The highest BCUT2D eigenvalue weighted by molar-refractivity contribution is 9.10. The molecular formula is C22H26BrNO5S. The summed E-state index contributed by atoms with van der Waals surface area (Å²) in [5.41, 5.74) is 1.15. The van der Waals surface area contributed by atoms with Crippen molar-refractivity contribution in [3.8, 4) is 0 Å². The molecule has 8 heteroatoms. The lowest BCUT2D eigenvalue weighted by Crippen LogP contribution is -2.48. The van der Waals surface area contributed by atoms with Gasteiger partial charge < -0.3 is 9.64 Å². The van der Waals surface area contributed by atoms with Crippen LogP contribution in [0.15, 0.2) is 59.1 Å². The van der Waals surface area contributed by atoms with Gasteiger partial charge >= 0.3 is 6.09 Å². The van der Waals surface area contributed by atoms with Crippen molar-refractivity contribution >= 4 is 32.1 Å². The first-order valence-electron chi connectivity index (χ1n) is 9.85. The van der Waals surface area contributed by atoms with E-state index < -0.39 is 15.7 Å². The molecule has 0 bridgehead atoms. The zero-order valence-electron chi connectivity index (χ0n) is 17.1. The van der Waals surface area contributed by atoms with E-state index in [1.54, 1.807) is 4.90 Å². The highest BCUT2D eigenvalue weighted by Gasteiger charge is 2.43. The highest BCUT2D eigenvalue weighted by atomic mass is 79.9. The standard InChI is InChI=1S/C22H26BrNO5S/c1-17(18-9-11-20(23)12-10-18)24-15-14-22(29-21(24)25,19-7-4-3-5-8-19)13-6-16-28-30(2,26)27/h3-5,7-12,17H,6,13-16H2,1-2H3/t17-,22-/m0/s1. The van der Waals surface area contributed by atoms with Crippen molar-refractivity contribution in [2.45, 2.75) is 37.8 Å². The number of halogens is 1. The third-order valence-corrected chi connectivity index (χ3v) is 6.54. The Balaban J connectivity index is 1.75. The van der Waals surface area contributed by atoms with E-state index in [2.05, 4.69) is 15.9 Å².